The molecule has 1 amide bonds. The van der Waals surface area contributed by atoms with E-state index in [1.54, 1.807) is 0 Å². The van der Waals surface area contributed by atoms with Gasteiger partial charge >= 0.3 is 0 Å². The molecule has 4 nitrogen and oxygen atoms in total. The van der Waals surface area contributed by atoms with Crippen LogP contribution in [0.1, 0.15) is 38.5 Å². The third kappa shape index (κ3) is 2.95. The number of carbonyl (C=O) groups excluding carboxylic acids is 1. The Morgan fingerprint density at radius 2 is 2.05 bits per heavy atom. The van der Waals surface area contributed by atoms with Crippen molar-refractivity contribution in [2.75, 3.05) is 26.3 Å². The summed E-state index contributed by atoms with van der Waals surface area (Å²) in [5.41, 5.74) is 5.83. The first kappa shape index (κ1) is 13.4. The molecule has 3 rings (SSSR count). The number of hydrogen-bond donors (Lipinski definition) is 1. The predicted octanol–water partition coefficient (Wildman–Crippen LogP) is 1.39. The maximum Gasteiger partial charge on any atom is 0.226 e. The lowest BCUT2D eigenvalue weighted by molar-refractivity contribution is -0.137. The highest BCUT2D eigenvalue weighted by molar-refractivity contribution is 5.80. The van der Waals surface area contributed by atoms with Gasteiger partial charge in [0.25, 0.3) is 0 Å². The predicted molar refractivity (Wildman–Crippen MR) is 73.5 cm³/mol. The molecule has 3 aliphatic rings. The molecule has 19 heavy (non-hydrogen) atoms. The van der Waals surface area contributed by atoms with Crippen molar-refractivity contribution in [3.8, 4) is 0 Å². The molecule has 0 aromatic rings. The van der Waals surface area contributed by atoms with Crippen LogP contribution in [0.5, 0.6) is 0 Å². The largest absolute Gasteiger partial charge is 0.381 e. The average molecular weight is 266 g/mol. The molecule has 1 unspecified atom stereocenters. The first-order valence-corrected chi connectivity index (χ1v) is 7.88. The van der Waals surface area contributed by atoms with Gasteiger partial charge < -0.3 is 15.4 Å². The highest BCUT2D eigenvalue weighted by Gasteiger charge is 2.41. The molecule has 2 saturated carbocycles. The van der Waals surface area contributed by atoms with Gasteiger partial charge in [-0.1, -0.05) is 6.42 Å². The third-order valence-corrected chi connectivity index (χ3v) is 5.03. The van der Waals surface area contributed by atoms with E-state index >= 15 is 0 Å². The second-order valence-corrected chi connectivity index (χ2v) is 6.48. The van der Waals surface area contributed by atoms with Gasteiger partial charge in [0.2, 0.25) is 5.91 Å². The zero-order valence-corrected chi connectivity index (χ0v) is 11.7. The van der Waals surface area contributed by atoms with E-state index in [4.69, 9.17) is 10.5 Å². The van der Waals surface area contributed by atoms with Gasteiger partial charge in [0.15, 0.2) is 0 Å². The number of rotatable bonds is 5. The maximum absolute atomic E-state index is 12.8. The smallest absolute Gasteiger partial charge is 0.226 e. The van der Waals surface area contributed by atoms with Crippen molar-refractivity contribution < 1.29 is 9.53 Å². The second kappa shape index (κ2) is 5.80. The third-order valence-electron chi connectivity index (χ3n) is 5.03. The summed E-state index contributed by atoms with van der Waals surface area (Å²) in [4.78, 5) is 15.0. The fraction of sp³-hybridized carbons (Fsp3) is 0.933. The summed E-state index contributed by atoms with van der Waals surface area (Å²) < 4.78 is 5.45. The lowest BCUT2D eigenvalue weighted by Crippen LogP contribution is -2.43. The van der Waals surface area contributed by atoms with Gasteiger partial charge in [0, 0.05) is 31.0 Å². The van der Waals surface area contributed by atoms with Gasteiger partial charge in [-0.2, -0.15) is 0 Å². The lowest BCUT2D eigenvalue weighted by Gasteiger charge is -2.30. The Labute approximate surface area is 115 Å². The molecule has 1 aliphatic heterocycles. The van der Waals surface area contributed by atoms with E-state index in [1.165, 1.54) is 19.3 Å². The highest BCUT2D eigenvalue weighted by Crippen LogP contribution is 2.36. The maximum atomic E-state index is 12.8. The molecular formula is C15H26N2O2. The van der Waals surface area contributed by atoms with E-state index in [2.05, 4.69) is 4.90 Å². The van der Waals surface area contributed by atoms with Crippen LogP contribution >= 0.6 is 0 Å². The number of nitrogens with zero attached hydrogens (tertiary/aromatic N) is 1. The van der Waals surface area contributed by atoms with Gasteiger partial charge in [-0.05, 0) is 44.6 Å². The number of carbonyl (C=O) groups is 1. The molecule has 1 heterocycles. The fourth-order valence-electron chi connectivity index (χ4n) is 3.67. The summed E-state index contributed by atoms with van der Waals surface area (Å²) in [5.74, 6) is 1.58. The van der Waals surface area contributed by atoms with Crippen molar-refractivity contribution in [2.24, 2.45) is 23.5 Å². The molecule has 108 valence electrons. The summed E-state index contributed by atoms with van der Waals surface area (Å²) in [6.45, 7) is 3.28. The van der Waals surface area contributed by atoms with Crippen molar-refractivity contribution in [1.82, 2.24) is 4.90 Å². The average Bonchev–Trinajstić information content (AvgIpc) is 2.95. The first-order valence-electron chi connectivity index (χ1n) is 7.88. The molecule has 0 radical (unpaired) electrons. The molecule has 0 spiro atoms. The second-order valence-electron chi connectivity index (χ2n) is 6.48. The quantitative estimate of drug-likeness (QED) is 0.818. The molecule has 0 bridgehead atoms. The molecule has 0 aromatic heterocycles. The van der Waals surface area contributed by atoms with Gasteiger partial charge in [-0.3, -0.25) is 4.79 Å². The van der Waals surface area contributed by atoms with Crippen molar-refractivity contribution >= 4 is 5.91 Å². The topological polar surface area (TPSA) is 55.6 Å². The normalized spacial score (nSPS) is 34.7. The summed E-state index contributed by atoms with van der Waals surface area (Å²) in [6, 6.07) is 0.520. The molecule has 3 atom stereocenters. The monoisotopic (exact) mass is 266 g/mol. The SMILES string of the molecule is NC[C@H]1CCC[C@H]1C(=O)N(CC1CCOC1)C1CC1. The van der Waals surface area contributed by atoms with Crippen molar-refractivity contribution in [3.05, 3.63) is 0 Å². The minimum absolute atomic E-state index is 0.202. The van der Waals surface area contributed by atoms with Gasteiger partial charge in [0.05, 0.1) is 6.61 Å². The Bertz CT molecular complexity index is 324. The Balaban J connectivity index is 1.63. The van der Waals surface area contributed by atoms with E-state index in [1.807, 2.05) is 0 Å². The highest BCUT2D eigenvalue weighted by atomic mass is 16.5. The van der Waals surface area contributed by atoms with Crippen LogP contribution in [0.4, 0.5) is 0 Å². The van der Waals surface area contributed by atoms with Crippen LogP contribution in [-0.4, -0.2) is 43.2 Å². The summed E-state index contributed by atoms with van der Waals surface area (Å²) in [5, 5.41) is 0. The summed E-state index contributed by atoms with van der Waals surface area (Å²) in [7, 11) is 0. The van der Waals surface area contributed by atoms with Crippen molar-refractivity contribution in [2.45, 2.75) is 44.6 Å². The molecule has 2 N–H and O–H groups in total. The van der Waals surface area contributed by atoms with Crippen molar-refractivity contribution in [3.63, 3.8) is 0 Å². The minimum atomic E-state index is 0.202. The van der Waals surface area contributed by atoms with Gasteiger partial charge in [-0.25, -0.2) is 0 Å². The Kier molecular flexibility index (Phi) is 4.08. The van der Waals surface area contributed by atoms with Crippen LogP contribution in [0.3, 0.4) is 0 Å². The van der Waals surface area contributed by atoms with Gasteiger partial charge in [-0.15, -0.1) is 0 Å². The zero-order chi connectivity index (χ0) is 13.2. The van der Waals surface area contributed by atoms with Crippen LogP contribution in [0.15, 0.2) is 0 Å². The van der Waals surface area contributed by atoms with Crippen LogP contribution in [0.25, 0.3) is 0 Å². The van der Waals surface area contributed by atoms with Crippen LogP contribution < -0.4 is 5.73 Å². The van der Waals surface area contributed by atoms with Crippen LogP contribution in [0.2, 0.25) is 0 Å². The van der Waals surface area contributed by atoms with Gasteiger partial charge in [0.1, 0.15) is 0 Å². The fourth-order valence-corrected chi connectivity index (χ4v) is 3.67. The summed E-state index contributed by atoms with van der Waals surface area (Å²) >= 11 is 0. The number of hydrogen-bond acceptors (Lipinski definition) is 3. The van der Waals surface area contributed by atoms with E-state index in [0.29, 0.717) is 30.3 Å². The van der Waals surface area contributed by atoms with E-state index in [0.717, 1.165) is 39.0 Å². The van der Waals surface area contributed by atoms with Crippen LogP contribution in [-0.2, 0) is 9.53 Å². The molecule has 4 heteroatoms. The molecular weight excluding hydrogens is 240 g/mol. The number of nitrogens with two attached hydrogens (primary N) is 1. The van der Waals surface area contributed by atoms with E-state index in [-0.39, 0.29) is 5.92 Å². The molecule has 1 saturated heterocycles. The Morgan fingerprint density at radius 1 is 1.21 bits per heavy atom. The zero-order valence-electron chi connectivity index (χ0n) is 11.7. The Hall–Kier alpha value is -0.610. The molecule has 0 aromatic carbocycles. The number of amides is 1. The lowest BCUT2D eigenvalue weighted by atomic mass is 9.94. The van der Waals surface area contributed by atoms with E-state index in [9.17, 15) is 4.79 Å². The standard InChI is InChI=1S/C15H26N2O2/c16-8-12-2-1-3-14(12)15(18)17(13-4-5-13)9-11-6-7-19-10-11/h11-14H,1-10,16H2/t11?,12-,14-/m1/s1. The first-order chi connectivity index (χ1) is 9.29. The van der Waals surface area contributed by atoms with Crippen LogP contribution in [0, 0.1) is 17.8 Å². The van der Waals surface area contributed by atoms with E-state index < -0.39 is 0 Å². The molecule has 2 aliphatic carbocycles. The molecule has 3 fully saturated rings. The minimum Gasteiger partial charge on any atom is -0.381 e. The van der Waals surface area contributed by atoms with Crippen molar-refractivity contribution in [1.29, 1.82) is 0 Å². The summed E-state index contributed by atoms with van der Waals surface area (Å²) in [6.07, 6.45) is 6.85. The number of ether oxygens (including phenoxy) is 1. The Morgan fingerprint density at radius 3 is 2.68 bits per heavy atom.